The summed E-state index contributed by atoms with van der Waals surface area (Å²) in [7, 11) is -3.71. The quantitative estimate of drug-likeness (QED) is 0.747. The predicted molar refractivity (Wildman–Crippen MR) is 59.2 cm³/mol. The Hall–Kier alpha value is -0.660. The Labute approximate surface area is 95.8 Å². The Morgan fingerprint density at radius 3 is 2.44 bits per heavy atom. The number of aliphatic carboxylic acids is 1. The second-order valence-corrected chi connectivity index (χ2v) is 6.59. The second kappa shape index (κ2) is 4.31. The van der Waals surface area contributed by atoms with Crippen LogP contribution in [0.2, 0.25) is 0 Å². The van der Waals surface area contributed by atoms with Gasteiger partial charge in [-0.2, -0.15) is 17.4 Å². The predicted octanol–water partition coefficient (Wildman–Crippen LogP) is 0.168. The highest BCUT2D eigenvalue weighted by molar-refractivity contribution is 7.87. The van der Waals surface area contributed by atoms with E-state index in [1.165, 1.54) is 0 Å². The van der Waals surface area contributed by atoms with Crippen LogP contribution in [0.25, 0.3) is 0 Å². The first kappa shape index (κ1) is 13.4. The molecule has 0 aliphatic carbocycles. The fourth-order valence-electron chi connectivity index (χ4n) is 1.72. The van der Waals surface area contributed by atoms with Crippen molar-refractivity contribution in [1.82, 2.24) is 9.03 Å². The third kappa shape index (κ3) is 3.16. The molecular formula is C9H18N2O4S. The van der Waals surface area contributed by atoms with Crippen LogP contribution in [0.5, 0.6) is 0 Å². The van der Waals surface area contributed by atoms with Crippen LogP contribution in [0.1, 0.15) is 33.6 Å². The standard InChI is InChI=1S/C9H18N2O4S/c1-9(2,3)10-16(14,15)11-6-4-5-7(11)8(12)13/h7,10H,4-6H2,1-3H3,(H,12,13)/t7-/m0/s1. The first-order chi connectivity index (χ1) is 7.13. The molecular weight excluding hydrogens is 232 g/mol. The molecule has 7 heteroatoms. The van der Waals surface area contributed by atoms with Crippen molar-refractivity contribution in [1.29, 1.82) is 0 Å². The molecule has 0 aromatic rings. The lowest BCUT2D eigenvalue weighted by Gasteiger charge is -2.27. The minimum Gasteiger partial charge on any atom is -0.480 e. The highest BCUT2D eigenvalue weighted by Crippen LogP contribution is 2.21. The minimum absolute atomic E-state index is 0.266. The summed E-state index contributed by atoms with van der Waals surface area (Å²) in [5.74, 6) is -1.09. The van der Waals surface area contributed by atoms with Crippen molar-refractivity contribution in [3.8, 4) is 0 Å². The summed E-state index contributed by atoms with van der Waals surface area (Å²) in [5, 5.41) is 8.91. The molecule has 1 fully saturated rings. The van der Waals surface area contributed by atoms with Gasteiger partial charge in [0, 0.05) is 12.1 Å². The Morgan fingerprint density at radius 1 is 1.44 bits per heavy atom. The van der Waals surface area contributed by atoms with Crippen LogP contribution in [-0.2, 0) is 15.0 Å². The third-order valence-electron chi connectivity index (χ3n) is 2.23. The van der Waals surface area contributed by atoms with E-state index in [9.17, 15) is 13.2 Å². The molecule has 6 nitrogen and oxygen atoms in total. The SMILES string of the molecule is CC(C)(C)NS(=O)(=O)N1CCC[C@H]1C(=O)O. The van der Waals surface area contributed by atoms with Gasteiger partial charge in [-0.25, -0.2) is 0 Å². The lowest BCUT2D eigenvalue weighted by molar-refractivity contribution is -0.140. The number of carboxylic acids is 1. The summed E-state index contributed by atoms with van der Waals surface area (Å²) >= 11 is 0. The summed E-state index contributed by atoms with van der Waals surface area (Å²) in [4.78, 5) is 10.9. The zero-order valence-corrected chi connectivity index (χ0v) is 10.5. The van der Waals surface area contributed by atoms with Gasteiger partial charge in [-0.3, -0.25) is 4.79 Å². The molecule has 1 aliphatic rings. The van der Waals surface area contributed by atoms with Gasteiger partial charge >= 0.3 is 5.97 Å². The molecule has 0 amide bonds. The molecule has 16 heavy (non-hydrogen) atoms. The normalized spacial score (nSPS) is 23.6. The van der Waals surface area contributed by atoms with Gasteiger partial charge in [0.2, 0.25) is 0 Å². The molecule has 1 aliphatic heterocycles. The van der Waals surface area contributed by atoms with E-state index >= 15 is 0 Å². The van der Waals surface area contributed by atoms with Gasteiger partial charge < -0.3 is 5.11 Å². The van der Waals surface area contributed by atoms with Gasteiger partial charge in [0.1, 0.15) is 6.04 Å². The third-order valence-corrected chi connectivity index (χ3v) is 4.16. The van der Waals surface area contributed by atoms with Gasteiger partial charge in [0.15, 0.2) is 0 Å². The van der Waals surface area contributed by atoms with Crippen molar-refractivity contribution in [2.24, 2.45) is 0 Å². The monoisotopic (exact) mass is 250 g/mol. The number of nitrogens with one attached hydrogen (secondary N) is 1. The van der Waals surface area contributed by atoms with Crippen LogP contribution in [-0.4, -0.2) is 41.9 Å². The number of hydrogen-bond donors (Lipinski definition) is 2. The molecule has 0 saturated carbocycles. The molecule has 0 aromatic carbocycles. The van der Waals surface area contributed by atoms with Gasteiger partial charge in [-0.1, -0.05) is 0 Å². The number of hydrogen-bond acceptors (Lipinski definition) is 3. The maximum atomic E-state index is 11.9. The molecule has 2 N–H and O–H groups in total. The largest absolute Gasteiger partial charge is 0.480 e. The molecule has 94 valence electrons. The molecule has 1 saturated heterocycles. The maximum Gasteiger partial charge on any atom is 0.322 e. The Bertz CT molecular complexity index is 371. The smallest absolute Gasteiger partial charge is 0.322 e. The van der Waals surface area contributed by atoms with Gasteiger partial charge in [-0.05, 0) is 33.6 Å². The van der Waals surface area contributed by atoms with Crippen LogP contribution in [0, 0.1) is 0 Å². The Balaban J connectivity index is 2.87. The van der Waals surface area contributed by atoms with E-state index in [2.05, 4.69) is 4.72 Å². The zero-order valence-electron chi connectivity index (χ0n) is 9.73. The molecule has 0 unspecified atom stereocenters. The van der Waals surface area contributed by atoms with E-state index < -0.39 is 27.8 Å². The number of carboxylic acid groups (broad SMARTS) is 1. The van der Waals surface area contributed by atoms with Crippen LogP contribution >= 0.6 is 0 Å². The van der Waals surface area contributed by atoms with Crippen molar-refractivity contribution >= 4 is 16.2 Å². The summed E-state index contributed by atoms with van der Waals surface area (Å²) in [6, 6.07) is -0.931. The molecule has 1 heterocycles. The van der Waals surface area contributed by atoms with Crippen molar-refractivity contribution in [2.45, 2.75) is 45.2 Å². The fraction of sp³-hybridized carbons (Fsp3) is 0.889. The zero-order chi connectivity index (χ0) is 12.6. The minimum atomic E-state index is -3.71. The Morgan fingerprint density at radius 2 is 2.00 bits per heavy atom. The molecule has 1 rings (SSSR count). The molecule has 1 atom stereocenters. The molecule has 0 aromatic heterocycles. The fourth-order valence-corrected chi connectivity index (χ4v) is 3.51. The van der Waals surface area contributed by atoms with E-state index in [1.54, 1.807) is 20.8 Å². The summed E-state index contributed by atoms with van der Waals surface area (Å²) in [6.45, 7) is 5.42. The molecule has 0 spiro atoms. The van der Waals surface area contributed by atoms with Crippen molar-refractivity contribution in [2.75, 3.05) is 6.54 Å². The first-order valence-electron chi connectivity index (χ1n) is 5.17. The topological polar surface area (TPSA) is 86.7 Å². The number of nitrogens with zero attached hydrogens (tertiary/aromatic N) is 1. The van der Waals surface area contributed by atoms with E-state index in [-0.39, 0.29) is 6.54 Å². The van der Waals surface area contributed by atoms with E-state index in [0.29, 0.717) is 12.8 Å². The number of carbonyl (C=O) groups is 1. The van der Waals surface area contributed by atoms with Crippen molar-refractivity contribution in [3.63, 3.8) is 0 Å². The average Bonchev–Trinajstić information content (AvgIpc) is 2.45. The van der Waals surface area contributed by atoms with Crippen LogP contribution in [0.4, 0.5) is 0 Å². The average molecular weight is 250 g/mol. The van der Waals surface area contributed by atoms with Crippen LogP contribution in [0.3, 0.4) is 0 Å². The summed E-state index contributed by atoms with van der Waals surface area (Å²) in [5.41, 5.74) is -0.607. The first-order valence-corrected chi connectivity index (χ1v) is 6.61. The molecule has 0 radical (unpaired) electrons. The molecule has 0 bridgehead atoms. The van der Waals surface area contributed by atoms with Crippen LogP contribution < -0.4 is 4.72 Å². The highest BCUT2D eigenvalue weighted by atomic mass is 32.2. The van der Waals surface area contributed by atoms with Crippen LogP contribution in [0.15, 0.2) is 0 Å². The van der Waals surface area contributed by atoms with Crippen molar-refractivity contribution in [3.05, 3.63) is 0 Å². The summed E-state index contributed by atoms with van der Waals surface area (Å²) in [6.07, 6.45) is 0.961. The highest BCUT2D eigenvalue weighted by Gasteiger charge is 2.39. The van der Waals surface area contributed by atoms with Crippen molar-refractivity contribution < 1.29 is 18.3 Å². The van der Waals surface area contributed by atoms with E-state index in [1.807, 2.05) is 0 Å². The van der Waals surface area contributed by atoms with Gasteiger partial charge in [0.25, 0.3) is 10.2 Å². The lowest BCUT2D eigenvalue weighted by atomic mass is 10.1. The number of rotatable bonds is 3. The van der Waals surface area contributed by atoms with Gasteiger partial charge in [0.05, 0.1) is 0 Å². The lowest BCUT2D eigenvalue weighted by Crippen LogP contribution is -2.51. The van der Waals surface area contributed by atoms with Gasteiger partial charge in [-0.15, -0.1) is 0 Å². The Kier molecular flexibility index (Phi) is 3.61. The summed E-state index contributed by atoms with van der Waals surface area (Å²) < 4.78 is 27.3. The second-order valence-electron chi connectivity index (χ2n) is 4.96. The van der Waals surface area contributed by atoms with E-state index in [0.717, 1.165) is 4.31 Å². The van der Waals surface area contributed by atoms with E-state index in [4.69, 9.17) is 5.11 Å². The maximum absolute atomic E-state index is 11.9.